The molecule has 1 aromatic heterocycles. The smallest absolute Gasteiger partial charge is 0.327 e. The van der Waals surface area contributed by atoms with Gasteiger partial charge in [-0.2, -0.15) is 4.98 Å². The molecule has 3 aromatic rings. The zero-order valence-electron chi connectivity index (χ0n) is 20.8. The van der Waals surface area contributed by atoms with E-state index in [1.165, 1.54) is 4.90 Å². The Balaban J connectivity index is 1.24. The summed E-state index contributed by atoms with van der Waals surface area (Å²) in [5.41, 5.74) is 2.45. The van der Waals surface area contributed by atoms with Gasteiger partial charge in [0.05, 0.1) is 18.1 Å². The quantitative estimate of drug-likeness (QED) is 0.529. The number of hydrogen-bond acceptors (Lipinski definition) is 8. The molecule has 1 aliphatic carbocycles. The van der Waals surface area contributed by atoms with Crippen molar-refractivity contribution in [2.24, 2.45) is 5.92 Å². The van der Waals surface area contributed by atoms with Gasteiger partial charge in [0.1, 0.15) is 19.9 Å². The highest BCUT2D eigenvalue weighted by Gasteiger charge is 2.53. The zero-order chi connectivity index (χ0) is 26.2. The molecule has 4 unspecified atom stereocenters. The number of aryl methyl sites for hydroxylation is 1. The number of urea groups is 1. The molecule has 2 aromatic carbocycles. The molecule has 11 nitrogen and oxygen atoms in total. The van der Waals surface area contributed by atoms with Gasteiger partial charge >= 0.3 is 6.03 Å². The Morgan fingerprint density at radius 2 is 1.76 bits per heavy atom. The Bertz CT molecular complexity index is 1340. The maximum absolute atomic E-state index is 13.7. The number of nitrogens with one attached hydrogen (secondary N) is 1. The first-order valence-electron chi connectivity index (χ1n) is 12.6. The molecule has 196 valence electrons. The molecule has 0 radical (unpaired) electrons. The van der Waals surface area contributed by atoms with Crippen LogP contribution in [0.2, 0.25) is 0 Å². The SMILES string of the molecule is Cc1ccc(NC(=O)CN2C(=O)N(Cc3nc(-c4ccccc4)no3)C(=O)C3CC4OCOC4CC32)cc1. The van der Waals surface area contributed by atoms with Crippen molar-refractivity contribution in [2.45, 2.75) is 44.6 Å². The Kier molecular flexibility index (Phi) is 6.38. The first-order valence-corrected chi connectivity index (χ1v) is 12.6. The molecule has 3 aliphatic rings. The lowest BCUT2D eigenvalue weighted by molar-refractivity contribution is -0.145. The third-order valence-electron chi connectivity index (χ3n) is 7.31. The van der Waals surface area contributed by atoms with Gasteiger partial charge in [0.2, 0.25) is 23.5 Å². The standard InChI is InChI=1S/C27H27N5O6/c1-16-7-9-18(10-8-16)28-23(33)13-31-20-12-22-21(36-15-37-22)11-19(20)26(34)32(27(31)35)14-24-29-25(30-38-24)17-5-3-2-4-6-17/h2-10,19-22H,11-15H2,1H3,(H,28,33). The third kappa shape index (κ3) is 4.66. The number of carbonyl (C=O) groups excluding carboxylic acids is 3. The topological polar surface area (TPSA) is 127 Å². The molecular formula is C27H27N5O6. The highest BCUT2D eigenvalue weighted by Crippen LogP contribution is 2.39. The number of hydrogen-bond donors (Lipinski definition) is 1. The number of ether oxygens (including phenoxy) is 2. The molecule has 0 bridgehead atoms. The van der Waals surface area contributed by atoms with Gasteiger partial charge in [0.15, 0.2) is 0 Å². The van der Waals surface area contributed by atoms with Crippen LogP contribution in [0.15, 0.2) is 59.1 Å². The molecule has 0 spiro atoms. The summed E-state index contributed by atoms with van der Waals surface area (Å²) in [6.07, 6.45) is 0.353. The summed E-state index contributed by atoms with van der Waals surface area (Å²) in [5, 5.41) is 6.84. The van der Waals surface area contributed by atoms with Crippen molar-refractivity contribution < 1.29 is 28.4 Å². The van der Waals surface area contributed by atoms with Crippen LogP contribution >= 0.6 is 0 Å². The van der Waals surface area contributed by atoms with Crippen molar-refractivity contribution in [3.63, 3.8) is 0 Å². The molecule has 11 heteroatoms. The van der Waals surface area contributed by atoms with Crippen LogP contribution in [0, 0.1) is 12.8 Å². The molecule has 38 heavy (non-hydrogen) atoms. The Hall–Kier alpha value is -4.09. The van der Waals surface area contributed by atoms with Gasteiger partial charge in [0, 0.05) is 17.3 Å². The first-order chi connectivity index (χ1) is 18.5. The average Bonchev–Trinajstić information content (AvgIpc) is 3.59. The van der Waals surface area contributed by atoms with Crippen LogP contribution < -0.4 is 5.32 Å². The van der Waals surface area contributed by atoms with Crippen LogP contribution in [-0.4, -0.2) is 69.4 Å². The van der Waals surface area contributed by atoms with Crippen LogP contribution in [0.1, 0.15) is 24.3 Å². The van der Waals surface area contributed by atoms with E-state index in [1.807, 2.05) is 49.4 Å². The number of anilines is 1. The molecule has 3 heterocycles. The van der Waals surface area contributed by atoms with Gasteiger partial charge in [-0.1, -0.05) is 53.2 Å². The van der Waals surface area contributed by atoms with E-state index < -0.39 is 18.0 Å². The second-order valence-electron chi connectivity index (χ2n) is 9.80. The van der Waals surface area contributed by atoms with Crippen LogP contribution in [0.3, 0.4) is 0 Å². The summed E-state index contributed by atoms with van der Waals surface area (Å²) < 4.78 is 16.7. The van der Waals surface area contributed by atoms with Crippen molar-refractivity contribution in [1.29, 1.82) is 0 Å². The Morgan fingerprint density at radius 1 is 1.03 bits per heavy atom. The number of benzene rings is 2. The van der Waals surface area contributed by atoms with Gasteiger partial charge in [-0.3, -0.25) is 14.5 Å². The number of aromatic nitrogens is 2. The fourth-order valence-corrected chi connectivity index (χ4v) is 5.36. The second-order valence-corrected chi connectivity index (χ2v) is 9.80. The number of rotatable bonds is 6. The molecule has 1 N–H and O–H groups in total. The number of nitrogens with zero attached hydrogens (tertiary/aromatic N) is 4. The molecule has 2 saturated heterocycles. The summed E-state index contributed by atoms with van der Waals surface area (Å²) in [7, 11) is 0. The van der Waals surface area contributed by atoms with Crippen LogP contribution in [0.25, 0.3) is 11.4 Å². The van der Waals surface area contributed by atoms with Crippen molar-refractivity contribution in [3.8, 4) is 11.4 Å². The molecule has 2 aliphatic heterocycles. The van der Waals surface area contributed by atoms with Crippen molar-refractivity contribution in [2.75, 3.05) is 18.7 Å². The van der Waals surface area contributed by atoms with Gasteiger partial charge < -0.3 is 24.2 Å². The summed E-state index contributed by atoms with van der Waals surface area (Å²) in [6, 6.07) is 15.6. The molecular weight excluding hydrogens is 490 g/mol. The summed E-state index contributed by atoms with van der Waals surface area (Å²) >= 11 is 0. The first kappa shape index (κ1) is 24.3. The Labute approximate surface area is 218 Å². The minimum absolute atomic E-state index is 0.127. The lowest BCUT2D eigenvalue weighted by Crippen LogP contribution is -2.65. The van der Waals surface area contributed by atoms with Crippen LogP contribution in [0.4, 0.5) is 10.5 Å². The van der Waals surface area contributed by atoms with Gasteiger partial charge in [-0.05, 0) is 31.9 Å². The van der Waals surface area contributed by atoms with Crippen molar-refractivity contribution >= 4 is 23.5 Å². The van der Waals surface area contributed by atoms with Crippen LogP contribution in [-0.2, 0) is 25.6 Å². The fraction of sp³-hybridized carbons (Fsp3) is 0.370. The van der Waals surface area contributed by atoms with Crippen molar-refractivity contribution in [1.82, 2.24) is 19.9 Å². The van der Waals surface area contributed by atoms with E-state index in [9.17, 15) is 14.4 Å². The molecule has 4 atom stereocenters. The molecule has 1 saturated carbocycles. The van der Waals surface area contributed by atoms with Gasteiger partial charge in [-0.25, -0.2) is 4.79 Å². The number of amides is 4. The number of fused-ring (bicyclic) bond motifs is 2. The number of carbonyl (C=O) groups is 3. The predicted molar refractivity (Wildman–Crippen MR) is 133 cm³/mol. The molecule has 4 amide bonds. The normalized spacial score (nSPS) is 24.8. The van der Waals surface area contributed by atoms with E-state index in [2.05, 4.69) is 15.5 Å². The highest BCUT2D eigenvalue weighted by atomic mass is 16.7. The van der Waals surface area contributed by atoms with E-state index in [0.717, 1.165) is 16.0 Å². The minimum atomic E-state index is -0.577. The molecule has 6 rings (SSSR count). The summed E-state index contributed by atoms with van der Waals surface area (Å²) in [6.45, 7) is 1.71. The zero-order valence-corrected chi connectivity index (χ0v) is 20.8. The largest absolute Gasteiger partial charge is 0.349 e. The average molecular weight is 518 g/mol. The molecule has 3 fully saturated rings. The third-order valence-corrected chi connectivity index (χ3v) is 7.31. The number of imide groups is 1. The van der Waals surface area contributed by atoms with Crippen molar-refractivity contribution in [3.05, 3.63) is 66.1 Å². The predicted octanol–water partition coefficient (Wildman–Crippen LogP) is 2.97. The van der Waals surface area contributed by atoms with E-state index >= 15 is 0 Å². The maximum Gasteiger partial charge on any atom is 0.327 e. The van der Waals surface area contributed by atoms with Gasteiger partial charge in [0.25, 0.3) is 0 Å². The minimum Gasteiger partial charge on any atom is -0.349 e. The summed E-state index contributed by atoms with van der Waals surface area (Å²) in [5.74, 6) is -0.753. The lowest BCUT2D eigenvalue weighted by atomic mass is 9.78. The van der Waals surface area contributed by atoms with Crippen LogP contribution in [0.5, 0.6) is 0 Å². The van der Waals surface area contributed by atoms with E-state index in [-0.39, 0.29) is 49.8 Å². The maximum atomic E-state index is 13.7. The second kappa shape index (κ2) is 9.99. The van der Waals surface area contributed by atoms with E-state index in [1.54, 1.807) is 12.1 Å². The van der Waals surface area contributed by atoms with E-state index in [4.69, 9.17) is 14.0 Å². The highest BCUT2D eigenvalue weighted by molar-refractivity contribution is 6.01. The summed E-state index contributed by atoms with van der Waals surface area (Å²) in [4.78, 5) is 47.2. The Morgan fingerprint density at radius 3 is 2.53 bits per heavy atom. The fourth-order valence-electron chi connectivity index (χ4n) is 5.36. The lowest BCUT2D eigenvalue weighted by Gasteiger charge is -2.48. The van der Waals surface area contributed by atoms with E-state index in [0.29, 0.717) is 24.4 Å². The van der Waals surface area contributed by atoms with Gasteiger partial charge in [-0.15, -0.1) is 0 Å². The monoisotopic (exact) mass is 517 g/mol.